The number of carbonyl (C=O) groups is 2. The zero-order valence-electron chi connectivity index (χ0n) is 15.3. The van der Waals surface area contributed by atoms with Gasteiger partial charge in [0, 0.05) is 6.54 Å². The molecule has 1 heterocycles. The van der Waals surface area contributed by atoms with Gasteiger partial charge < -0.3 is 9.47 Å². The van der Waals surface area contributed by atoms with Gasteiger partial charge in [0.2, 0.25) is 11.8 Å². The molecule has 2 aliphatic carbocycles. The normalized spacial score (nSPS) is 28.8. The molecule has 1 aromatic carbocycles. The van der Waals surface area contributed by atoms with Gasteiger partial charge in [0.1, 0.15) is 0 Å². The molecule has 2 fully saturated rings. The number of nitrogens with zero attached hydrogens (tertiary/aromatic N) is 1. The van der Waals surface area contributed by atoms with E-state index in [-0.39, 0.29) is 35.5 Å². The second-order valence-corrected chi connectivity index (χ2v) is 7.23. The molecule has 1 saturated carbocycles. The Labute approximate surface area is 154 Å². The van der Waals surface area contributed by atoms with E-state index >= 15 is 0 Å². The minimum atomic E-state index is -0.114. The van der Waals surface area contributed by atoms with E-state index in [0.29, 0.717) is 31.9 Å². The summed E-state index contributed by atoms with van der Waals surface area (Å²) < 4.78 is 11.2. The number of carbonyl (C=O) groups excluding carboxylic acids is 2. The lowest BCUT2D eigenvalue weighted by molar-refractivity contribution is -0.140. The lowest BCUT2D eigenvalue weighted by Gasteiger charge is -2.18. The van der Waals surface area contributed by atoms with Gasteiger partial charge in [-0.3, -0.25) is 14.5 Å². The Balaban J connectivity index is 1.45. The van der Waals surface area contributed by atoms with E-state index in [4.69, 9.17) is 9.47 Å². The zero-order valence-corrected chi connectivity index (χ0v) is 15.3. The number of likely N-dealkylation sites (tertiary alicyclic amines) is 1. The van der Waals surface area contributed by atoms with Crippen molar-refractivity contribution in [2.75, 3.05) is 19.8 Å². The van der Waals surface area contributed by atoms with E-state index < -0.39 is 0 Å². The van der Waals surface area contributed by atoms with Gasteiger partial charge in [0.05, 0.1) is 25.0 Å². The first kappa shape index (κ1) is 17.1. The molecule has 0 unspecified atom stereocenters. The van der Waals surface area contributed by atoms with E-state index in [9.17, 15) is 9.59 Å². The topological polar surface area (TPSA) is 55.8 Å². The number of rotatable bonds is 7. The van der Waals surface area contributed by atoms with Crippen molar-refractivity contribution in [3.05, 3.63) is 35.9 Å². The highest BCUT2D eigenvalue weighted by Crippen LogP contribution is 2.52. The van der Waals surface area contributed by atoms with Crippen LogP contribution in [0.3, 0.4) is 0 Å². The molecule has 4 atom stereocenters. The summed E-state index contributed by atoms with van der Waals surface area (Å²) in [4.78, 5) is 27.0. The molecule has 0 N–H and O–H groups in total. The molecule has 26 heavy (non-hydrogen) atoms. The summed E-state index contributed by atoms with van der Waals surface area (Å²) in [5, 5.41) is 0. The van der Waals surface area contributed by atoms with Crippen molar-refractivity contribution in [2.45, 2.75) is 26.7 Å². The van der Waals surface area contributed by atoms with Crippen LogP contribution in [0.15, 0.2) is 30.4 Å². The van der Waals surface area contributed by atoms with Crippen molar-refractivity contribution in [2.24, 2.45) is 23.7 Å². The average Bonchev–Trinajstić information content (AvgIpc) is 3.30. The van der Waals surface area contributed by atoms with Crippen LogP contribution in [0.1, 0.15) is 25.8 Å². The predicted molar refractivity (Wildman–Crippen MR) is 96.9 cm³/mol. The average molecular weight is 355 g/mol. The van der Waals surface area contributed by atoms with Gasteiger partial charge in [-0.25, -0.2) is 0 Å². The van der Waals surface area contributed by atoms with Crippen LogP contribution >= 0.6 is 0 Å². The van der Waals surface area contributed by atoms with Gasteiger partial charge in [0.15, 0.2) is 11.5 Å². The lowest BCUT2D eigenvalue weighted by Crippen LogP contribution is -2.34. The fourth-order valence-corrected chi connectivity index (χ4v) is 4.68. The third-order valence-corrected chi connectivity index (χ3v) is 5.79. The maximum Gasteiger partial charge on any atom is 0.233 e. The maximum absolute atomic E-state index is 12.7. The Morgan fingerprint density at radius 3 is 2.19 bits per heavy atom. The molecular weight excluding hydrogens is 330 g/mol. The van der Waals surface area contributed by atoms with Gasteiger partial charge in [-0.05, 0) is 56.2 Å². The van der Waals surface area contributed by atoms with Crippen molar-refractivity contribution in [1.82, 2.24) is 4.90 Å². The van der Waals surface area contributed by atoms with Crippen molar-refractivity contribution in [3.63, 3.8) is 0 Å². The van der Waals surface area contributed by atoms with E-state index in [2.05, 4.69) is 12.2 Å². The Morgan fingerprint density at radius 1 is 0.962 bits per heavy atom. The third-order valence-electron chi connectivity index (χ3n) is 5.79. The Bertz CT molecular complexity index is 726. The Hall–Kier alpha value is -2.30. The quantitative estimate of drug-likeness (QED) is 0.557. The van der Waals surface area contributed by atoms with E-state index in [1.165, 1.54) is 4.90 Å². The molecule has 3 aliphatic rings. The molecule has 5 heteroatoms. The number of fused-ring (bicyclic) bond motifs is 5. The minimum absolute atomic E-state index is 0.0211. The number of amides is 2. The summed E-state index contributed by atoms with van der Waals surface area (Å²) in [6, 6.07) is 5.83. The number of hydrogen-bond donors (Lipinski definition) is 0. The lowest BCUT2D eigenvalue weighted by atomic mass is 9.85. The minimum Gasteiger partial charge on any atom is -0.490 e. The van der Waals surface area contributed by atoms with E-state index in [1.807, 2.05) is 32.0 Å². The number of benzene rings is 1. The predicted octanol–water partition coefficient (Wildman–Crippen LogP) is 2.83. The Kier molecular flexibility index (Phi) is 4.47. The molecule has 2 amide bonds. The van der Waals surface area contributed by atoms with Crippen LogP contribution < -0.4 is 9.47 Å². The van der Waals surface area contributed by atoms with Crippen LogP contribution in [0, 0.1) is 23.7 Å². The highest BCUT2D eigenvalue weighted by atomic mass is 16.5. The summed E-state index contributed by atoms with van der Waals surface area (Å²) in [6.45, 7) is 5.45. The van der Waals surface area contributed by atoms with Gasteiger partial charge in [0.25, 0.3) is 0 Å². The summed E-state index contributed by atoms with van der Waals surface area (Å²) in [6.07, 6.45) is 5.85. The SMILES string of the molecule is CCOc1ccc(CCN2C(=O)[C@@H]3[C@@H](C2=O)[C@@H]2C=C[C@@H]3C2)cc1OCC. The molecule has 1 saturated heterocycles. The van der Waals surface area contributed by atoms with Crippen molar-refractivity contribution in [1.29, 1.82) is 0 Å². The fraction of sp³-hybridized carbons (Fsp3) is 0.524. The summed E-state index contributed by atoms with van der Waals surface area (Å²) >= 11 is 0. The molecule has 138 valence electrons. The molecule has 0 aromatic heterocycles. The first-order valence-corrected chi connectivity index (χ1v) is 9.56. The van der Waals surface area contributed by atoms with Crippen LogP contribution in [0.4, 0.5) is 0 Å². The third kappa shape index (κ3) is 2.70. The largest absolute Gasteiger partial charge is 0.490 e. The second-order valence-electron chi connectivity index (χ2n) is 7.23. The zero-order chi connectivity index (χ0) is 18.3. The smallest absolute Gasteiger partial charge is 0.233 e. The van der Waals surface area contributed by atoms with E-state index in [1.54, 1.807) is 0 Å². The van der Waals surface area contributed by atoms with Crippen LogP contribution in [-0.4, -0.2) is 36.5 Å². The number of hydrogen-bond acceptors (Lipinski definition) is 4. The molecule has 4 rings (SSSR count). The van der Waals surface area contributed by atoms with Gasteiger partial charge in [-0.1, -0.05) is 18.2 Å². The standard InChI is InChI=1S/C21H25NO4/c1-3-25-16-8-5-13(11-17(16)26-4-2)9-10-22-20(23)18-14-6-7-15(12-14)19(18)21(22)24/h5-8,11,14-15,18-19H,3-4,9-10,12H2,1-2H3/t14-,15-,18+,19+/m1/s1. The maximum atomic E-state index is 12.7. The first-order valence-electron chi connectivity index (χ1n) is 9.56. The molecule has 5 nitrogen and oxygen atoms in total. The van der Waals surface area contributed by atoms with Crippen LogP contribution in [0.2, 0.25) is 0 Å². The first-order chi connectivity index (χ1) is 12.6. The monoisotopic (exact) mass is 355 g/mol. The summed E-state index contributed by atoms with van der Waals surface area (Å²) in [7, 11) is 0. The number of ether oxygens (including phenoxy) is 2. The van der Waals surface area contributed by atoms with Crippen molar-refractivity contribution >= 4 is 11.8 Å². The van der Waals surface area contributed by atoms with Crippen molar-refractivity contribution < 1.29 is 19.1 Å². The summed E-state index contributed by atoms with van der Waals surface area (Å²) in [5.74, 6) is 1.78. The molecule has 2 bridgehead atoms. The number of imide groups is 1. The molecule has 0 radical (unpaired) electrons. The molecule has 0 spiro atoms. The van der Waals surface area contributed by atoms with Gasteiger partial charge in [-0.15, -0.1) is 0 Å². The number of allylic oxidation sites excluding steroid dienone is 2. The molecular formula is C21H25NO4. The van der Waals surface area contributed by atoms with Crippen molar-refractivity contribution in [3.8, 4) is 11.5 Å². The van der Waals surface area contributed by atoms with Gasteiger partial charge >= 0.3 is 0 Å². The van der Waals surface area contributed by atoms with E-state index in [0.717, 1.165) is 17.7 Å². The van der Waals surface area contributed by atoms with Gasteiger partial charge in [-0.2, -0.15) is 0 Å². The van der Waals surface area contributed by atoms with Crippen LogP contribution in [-0.2, 0) is 16.0 Å². The molecule has 1 aliphatic heterocycles. The highest BCUT2D eigenvalue weighted by Gasteiger charge is 2.58. The highest BCUT2D eigenvalue weighted by molar-refractivity contribution is 6.06. The second kappa shape index (κ2) is 6.78. The Morgan fingerprint density at radius 2 is 1.58 bits per heavy atom. The van der Waals surface area contributed by atoms with Crippen LogP contribution in [0.25, 0.3) is 0 Å². The van der Waals surface area contributed by atoms with Crippen LogP contribution in [0.5, 0.6) is 11.5 Å². The summed E-state index contributed by atoms with van der Waals surface area (Å²) in [5.41, 5.74) is 1.04. The molecule has 1 aromatic rings. The fourth-order valence-electron chi connectivity index (χ4n) is 4.68.